The lowest BCUT2D eigenvalue weighted by Crippen LogP contribution is -2.54. The van der Waals surface area contributed by atoms with Crippen LogP contribution in [0, 0.1) is 0 Å². The topological polar surface area (TPSA) is 78.9 Å². The third kappa shape index (κ3) is 3.79. The van der Waals surface area contributed by atoms with Crippen molar-refractivity contribution in [3.05, 3.63) is 58.6 Å². The van der Waals surface area contributed by atoms with Crippen LogP contribution in [0.1, 0.15) is 12.5 Å². The molecule has 0 atom stereocenters. The van der Waals surface area contributed by atoms with Crippen molar-refractivity contribution in [1.29, 1.82) is 0 Å². The Bertz CT molecular complexity index is 957. The van der Waals surface area contributed by atoms with Gasteiger partial charge in [0.2, 0.25) is 0 Å². The molecule has 1 heterocycles. The van der Waals surface area contributed by atoms with Crippen molar-refractivity contribution in [3.8, 4) is 11.5 Å². The lowest BCUT2D eigenvalue weighted by Gasteiger charge is -2.29. The smallest absolute Gasteiger partial charge is 0.270 e. The molecule has 0 bridgehead atoms. The molecule has 1 aliphatic heterocycles. The summed E-state index contributed by atoms with van der Waals surface area (Å²) >= 11 is 11.0. The predicted octanol–water partition coefficient (Wildman–Crippen LogP) is 3.28. The van der Waals surface area contributed by atoms with Gasteiger partial charge in [-0.1, -0.05) is 23.7 Å². The number of aromatic hydroxyl groups is 1. The maximum Gasteiger partial charge on any atom is 0.270 e. The molecule has 2 aromatic carbocycles. The first-order valence-corrected chi connectivity index (χ1v) is 8.82. The van der Waals surface area contributed by atoms with Crippen molar-refractivity contribution in [1.82, 2.24) is 5.32 Å². The number of anilines is 1. The molecular formula is C19H15ClN2O4S. The van der Waals surface area contributed by atoms with Crippen molar-refractivity contribution in [2.45, 2.75) is 6.92 Å². The number of rotatable bonds is 4. The van der Waals surface area contributed by atoms with E-state index in [1.54, 1.807) is 49.4 Å². The van der Waals surface area contributed by atoms with Gasteiger partial charge in [-0.3, -0.25) is 19.8 Å². The van der Waals surface area contributed by atoms with Crippen LogP contribution in [0.25, 0.3) is 6.08 Å². The molecule has 0 aromatic heterocycles. The molecule has 0 spiro atoms. The fraction of sp³-hybridized carbons (Fsp3) is 0.105. The molecule has 2 amide bonds. The van der Waals surface area contributed by atoms with Crippen molar-refractivity contribution in [2.24, 2.45) is 0 Å². The molecule has 8 heteroatoms. The Balaban J connectivity index is 2.02. The number of ether oxygens (including phenoxy) is 1. The van der Waals surface area contributed by atoms with Crippen molar-refractivity contribution < 1.29 is 19.4 Å². The highest BCUT2D eigenvalue weighted by Gasteiger charge is 2.34. The number of nitrogens with one attached hydrogen (secondary N) is 1. The molecule has 27 heavy (non-hydrogen) atoms. The van der Waals surface area contributed by atoms with Gasteiger partial charge in [0.1, 0.15) is 5.57 Å². The highest BCUT2D eigenvalue weighted by molar-refractivity contribution is 7.80. The van der Waals surface area contributed by atoms with E-state index in [9.17, 15) is 14.7 Å². The monoisotopic (exact) mass is 402 g/mol. The largest absolute Gasteiger partial charge is 0.504 e. The summed E-state index contributed by atoms with van der Waals surface area (Å²) in [6, 6.07) is 11.3. The van der Waals surface area contributed by atoms with E-state index in [4.69, 9.17) is 28.6 Å². The quantitative estimate of drug-likeness (QED) is 0.466. The molecule has 0 radical (unpaired) electrons. The van der Waals surface area contributed by atoms with Gasteiger partial charge >= 0.3 is 0 Å². The summed E-state index contributed by atoms with van der Waals surface area (Å²) in [6.45, 7) is 2.15. The van der Waals surface area contributed by atoms with Gasteiger partial charge in [-0.25, -0.2) is 0 Å². The number of halogens is 1. The summed E-state index contributed by atoms with van der Waals surface area (Å²) in [7, 11) is 0. The van der Waals surface area contributed by atoms with Crippen LogP contribution in [0.15, 0.2) is 48.0 Å². The van der Waals surface area contributed by atoms with E-state index in [0.717, 1.165) is 0 Å². The summed E-state index contributed by atoms with van der Waals surface area (Å²) in [5.41, 5.74) is 0.582. The van der Waals surface area contributed by atoms with Gasteiger partial charge in [-0.05, 0) is 55.5 Å². The Kier molecular flexibility index (Phi) is 5.43. The third-order valence-corrected chi connectivity index (χ3v) is 4.35. The minimum absolute atomic E-state index is 0.0308. The summed E-state index contributed by atoms with van der Waals surface area (Å²) in [5.74, 6) is -1.14. The van der Waals surface area contributed by atoms with Crippen molar-refractivity contribution in [2.75, 3.05) is 11.5 Å². The standard InChI is InChI=1S/C19H15ClN2O4S/c1-2-26-15-5-3-4-11(16(15)23)10-14-17(24)21-19(27)22(18(14)25)13-8-6-12(20)7-9-13/h3-10,23H,2H2,1H3,(H,21,24,27). The highest BCUT2D eigenvalue weighted by Crippen LogP contribution is 2.32. The number of thiocarbonyl (C=S) groups is 1. The lowest BCUT2D eigenvalue weighted by atomic mass is 10.1. The van der Waals surface area contributed by atoms with Crippen LogP contribution >= 0.6 is 23.8 Å². The second kappa shape index (κ2) is 7.77. The summed E-state index contributed by atoms with van der Waals surface area (Å²) < 4.78 is 5.33. The zero-order valence-corrected chi connectivity index (χ0v) is 15.8. The van der Waals surface area contributed by atoms with Gasteiger partial charge in [0, 0.05) is 10.6 Å². The molecule has 2 aromatic rings. The number of hydrogen-bond acceptors (Lipinski definition) is 5. The van der Waals surface area contributed by atoms with Crippen LogP contribution in [-0.2, 0) is 9.59 Å². The third-order valence-electron chi connectivity index (χ3n) is 3.82. The van der Waals surface area contributed by atoms with E-state index >= 15 is 0 Å². The van der Waals surface area contributed by atoms with E-state index in [1.165, 1.54) is 11.0 Å². The lowest BCUT2D eigenvalue weighted by molar-refractivity contribution is -0.122. The molecule has 0 aliphatic carbocycles. The van der Waals surface area contributed by atoms with E-state index in [1.807, 2.05) is 0 Å². The Morgan fingerprint density at radius 1 is 1.22 bits per heavy atom. The van der Waals surface area contributed by atoms with Crippen LogP contribution in [-0.4, -0.2) is 28.6 Å². The van der Waals surface area contributed by atoms with Gasteiger partial charge in [-0.15, -0.1) is 0 Å². The summed E-state index contributed by atoms with van der Waals surface area (Å²) in [6.07, 6.45) is 1.31. The number of phenolic OH excluding ortho intramolecular Hbond substituents is 1. The minimum Gasteiger partial charge on any atom is -0.504 e. The number of carbonyl (C=O) groups excluding carboxylic acids is 2. The average Bonchev–Trinajstić information content (AvgIpc) is 2.63. The van der Waals surface area contributed by atoms with Crippen LogP contribution < -0.4 is 15.0 Å². The Morgan fingerprint density at radius 2 is 1.93 bits per heavy atom. The Morgan fingerprint density at radius 3 is 2.59 bits per heavy atom. The number of hydrogen-bond donors (Lipinski definition) is 2. The maximum atomic E-state index is 12.9. The second-order valence-electron chi connectivity index (χ2n) is 5.56. The molecule has 1 aliphatic rings. The molecule has 1 saturated heterocycles. The number of carbonyl (C=O) groups is 2. The van der Waals surface area contributed by atoms with E-state index in [2.05, 4.69) is 5.32 Å². The minimum atomic E-state index is -0.642. The number of amides is 2. The van der Waals surface area contributed by atoms with E-state index < -0.39 is 11.8 Å². The molecule has 6 nitrogen and oxygen atoms in total. The molecule has 1 fully saturated rings. The summed E-state index contributed by atoms with van der Waals surface area (Å²) in [4.78, 5) is 26.4. The summed E-state index contributed by atoms with van der Waals surface area (Å²) in [5, 5.41) is 13.3. The predicted molar refractivity (Wildman–Crippen MR) is 107 cm³/mol. The zero-order valence-electron chi connectivity index (χ0n) is 14.2. The SMILES string of the molecule is CCOc1cccc(C=C2C(=O)NC(=S)N(c3ccc(Cl)cc3)C2=O)c1O. The second-order valence-corrected chi connectivity index (χ2v) is 6.38. The normalized spacial score (nSPS) is 15.9. The van der Waals surface area contributed by atoms with Gasteiger partial charge in [0.15, 0.2) is 16.6 Å². The van der Waals surface area contributed by atoms with Gasteiger partial charge in [0.05, 0.1) is 12.3 Å². The van der Waals surface area contributed by atoms with Crippen LogP contribution in [0.5, 0.6) is 11.5 Å². The van der Waals surface area contributed by atoms with Crippen LogP contribution in [0.3, 0.4) is 0 Å². The number of para-hydroxylation sites is 1. The Labute approximate surface area is 166 Å². The van der Waals surface area contributed by atoms with E-state index in [0.29, 0.717) is 17.3 Å². The molecule has 0 unspecified atom stereocenters. The number of nitrogens with zero attached hydrogens (tertiary/aromatic N) is 1. The molecule has 3 rings (SSSR count). The number of benzene rings is 2. The van der Waals surface area contributed by atoms with Crippen molar-refractivity contribution >= 4 is 52.5 Å². The Hall–Kier alpha value is -2.90. The molecule has 138 valence electrons. The van der Waals surface area contributed by atoms with Gasteiger partial charge < -0.3 is 9.84 Å². The van der Waals surface area contributed by atoms with Gasteiger partial charge in [-0.2, -0.15) is 0 Å². The first-order chi connectivity index (χ1) is 12.9. The van der Waals surface area contributed by atoms with Crippen molar-refractivity contribution in [3.63, 3.8) is 0 Å². The highest BCUT2D eigenvalue weighted by atomic mass is 35.5. The van der Waals surface area contributed by atoms with E-state index in [-0.39, 0.29) is 27.7 Å². The molecular weight excluding hydrogens is 388 g/mol. The molecule has 2 N–H and O–H groups in total. The maximum absolute atomic E-state index is 12.9. The van der Waals surface area contributed by atoms with Crippen LogP contribution in [0.4, 0.5) is 5.69 Å². The zero-order chi connectivity index (χ0) is 19.6. The average molecular weight is 403 g/mol. The fourth-order valence-corrected chi connectivity index (χ4v) is 2.97. The number of phenols is 1. The van der Waals surface area contributed by atoms with Gasteiger partial charge in [0.25, 0.3) is 11.8 Å². The van der Waals surface area contributed by atoms with Crippen LogP contribution in [0.2, 0.25) is 5.02 Å². The molecule has 0 saturated carbocycles. The first-order valence-electron chi connectivity index (χ1n) is 8.04. The first kappa shape index (κ1) is 18.9. The fourth-order valence-electron chi connectivity index (χ4n) is 2.57.